The van der Waals surface area contributed by atoms with Gasteiger partial charge in [-0.15, -0.1) is 0 Å². The Labute approximate surface area is 188 Å². The second kappa shape index (κ2) is 14.8. The van der Waals surface area contributed by atoms with Gasteiger partial charge in [0, 0.05) is 50.9 Å². The average molecular weight is 451 g/mol. The Morgan fingerprint density at radius 1 is 1.23 bits per heavy atom. The van der Waals surface area contributed by atoms with Gasteiger partial charge in [-0.3, -0.25) is 4.79 Å². The maximum absolute atomic E-state index is 12.6. The van der Waals surface area contributed by atoms with Crippen molar-refractivity contribution in [2.75, 3.05) is 23.5 Å². The fourth-order valence-corrected chi connectivity index (χ4v) is 2.97. The van der Waals surface area contributed by atoms with E-state index in [0.717, 1.165) is 42.7 Å². The molecule has 5 heteroatoms. The van der Waals surface area contributed by atoms with Crippen molar-refractivity contribution >= 4 is 23.4 Å². The number of carbonyl (C=O) groups excluding carboxylic acids is 1. The van der Waals surface area contributed by atoms with Gasteiger partial charge in [0.05, 0.1) is 6.10 Å². The van der Waals surface area contributed by atoms with Gasteiger partial charge in [-0.1, -0.05) is 44.6 Å². The molecule has 0 saturated heterocycles. The number of allylic oxidation sites excluding steroid dienone is 1. The predicted molar refractivity (Wildman–Crippen MR) is 110 cm³/mol. The molecule has 143 valence electrons. The minimum Gasteiger partial charge on any atom is -0.388 e. The standard InChI is InChI=1S/C21H32NO2S.Y/c1-5-6-7-8-9-15-22(21(24)17(2)3)19-12-10-18(11-13-19)20(23)14-16-25-4;/h7-8,10-13,17,20,23H,1,5-6,9,14-16H2,2-4H3;/q-1;/b8-7-;. The van der Waals surface area contributed by atoms with Gasteiger partial charge < -0.3 is 16.9 Å². The summed E-state index contributed by atoms with van der Waals surface area (Å²) in [5.41, 5.74) is 1.80. The Balaban J connectivity index is 0.00000625. The van der Waals surface area contributed by atoms with Crippen LogP contribution in [0.3, 0.4) is 0 Å². The van der Waals surface area contributed by atoms with Crippen molar-refractivity contribution in [1.29, 1.82) is 0 Å². The summed E-state index contributed by atoms with van der Waals surface area (Å²) in [6.45, 7) is 8.34. The van der Waals surface area contributed by atoms with E-state index >= 15 is 0 Å². The summed E-state index contributed by atoms with van der Waals surface area (Å²) in [6, 6.07) is 7.74. The molecule has 26 heavy (non-hydrogen) atoms. The minimum atomic E-state index is -0.443. The molecule has 0 spiro atoms. The van der Waals surface area contributed by atoms with Crippen LogP contribution in [0.2, 0.25) is 0 Å². The van der Waals surface area contributed by atoms with E-state index < -0.39 is 6.10 Å². The first-order valence-corrected chi connectivity index (χ1v) is 10.4. The van der Waals surface area contributed by atoms with Crippen molar-refractivity contribution in [3.05, 3.63) is 48.9 Å². The first kappa shape index (κ1) is 25.8. The number of amides is 1. The van der Waals surface area contributed by atoms with E-state index in [9.17, 15) is 9.90 Å². The number of unbranched alkanes of at least 4 members (excludes halogenated alkanes) is 1. The number of hydrogen-bond acceptors (Lipinski definition) is 3. The molecule has 1 N–H and O–H groups in total. The van der Waals surface area contributed by atoms with Gasteiger partial charge in [0.15, 0.2) is 0 Å². The summed E-state index contributed by atoms with van der Waals surface area (Å²) in [7, 11) is 0. The molecule has 0 fully saturated rings. The SMILES string of the molecule is [CH2-]CC/C=C\CCN(C(=O)C(C)C)c1ccc(C(O)CCSC)cc1.[Y]. The number of hydrogen-bond donors (Lipinski definition) is 1. The third-order valence-corrected chi connectivity index (χ3v) is 4.65. The smallest absolute Gasteiger partial charge is 0.229 e. The third kappa shape index (κ3) is 9.17. The Bertz CT molecular complexity index is 531. The van der Waals surface area contributed by atoms with Crippen molar-refractivity contribution in [2.45, 2.75) is 45.6 Å². The van der Waals surface area contributed by atoms with Gasteiger partial charge in [0.2, 0.25) is 5.91 Å². The van der Waals surface area contributed by atoms with Crippen molar-refractivity contribution in [2.24, 2.45) is 5.92 Å². The zero-order valence-electron chi connectivity index (χ0n) is 16.4. The van der Waals surface area contributed by atoms with Crippen LogP contribution in [0.1, 0.15) is 51.2 Å². The number of thioether (sulfide) groups is 1. The van der Waals surface area contributed by atoms with Crippen LogP contribution in [-0.2, 0) is 37.5 Å². The topological polar surface area (TPSA) is 40.5 Å². The largest absolute Gasteiger partial charge is 0.388 e. The molecule has 1 rings (SSSR count). The van der Waals surface area contributed by atoms with Crippen LogP contribution >= 0.6 is 11.8 Å². The Morgan fingerprint density at radius 2 is 1.85 bits per heavy atom. The molecule has 0 bridgehead atoms. The maximum atomic E-state index is 12.6. The predicted octanol–water partition coefficient (Wildman–Crippen LogP) is 5.02. The van der Waals surface area contributed by atoms with Crippen molar-refractivity contribution in [1.82, 2.24) is 0 Å². The summed E-state index contributed by atoms with van der Waals surface area (Å²) in [5, 5.41) is 10.2. The molecule has 1 atom stereocenters. The van der Waals surface area contributed by atoms with E-state index in [2.05, 4.69) is 19.1 Å². The van der Waals surface area contributed by atoms with Gasteiger partial charge >= 0.3 is 0 Å². The van der Waals surface area contributed by atoms with Crippen LogP contribution in [0.4, 0.5) is 5.69 Å². The summed E-state index contributed by atoms with van der Waals surface area (Å²) in [4.78, 5) is 14.4. The zero-order valence-corrected chi connectivity index (χ0v) is 20.0. The summed E-state index contributed by atoms with van der Waals surface area (Å²) in [6.07, 6.45) is 9.27. The first-order valence-electron chi connectivity index (χ1n) is 9.03. The van der Waals surface area contributed by atoms with E-state index in [1.165, 1.54) is 0 Å². The molecule has 0 aliphatic carbocycles. The number of aliphatic hydroxyl groups excluding tert-OH is 1. The van der Waals surface area contributed by atoms with Gasteiger partial charge in [0.25, 0.3) is 0 Å². The van der Waals surface area contributed by atoms with Gasteiger partial charge in [-0.05, 0) is 42.5 Å². The zero-order chi connectivity index (χ0) is 18.7. The molecule has 3 nitrogen and oxygen atoms in total. The Kier molecular flexibility index (Phi) is 14.8. The molecule has 1 amide bonds. The normalized spacial score (nSPS) is 12.2. The monoisotopic (exact) mass is 451 g/mol. The second-order valence-electron chi connectivity index (χ2n) is 6.44. The van der Waals surface area contributed by atoms with Gasteiger partial charge in [0.1, 0.15) is 0 Å². The third-order valence-electron chi connectivity index (χ3n) is 4.00. The van der Waals surface area contributed by atoms with Gasteiger partial charge in [-0.25, -0.2) is 0 Å². The molecule has 0 saturated carbocycles. The molecule has 0 aliphatic heterocycles. The van der Waals surface area contributed by atoms with E-state index in [4.69, 9.17) is 0 Å². The molecule has 1 aromatic carbocycles. The van der Waals surface area contributed by atoms with Crippen molar-refractivity contribution in [3.63, 3.8) is 0 Å². The van der Waals surface area contributed by atoms with Crippen LogP contribution in [-0.4, -0.2) is 29.6 Å². The molecular formula is C21H32NO2SY-. The molecule has 1 aromatic rings. The number of nitrogens with zero attached hydrogens (tertiary/aromatic N) is 1. The average Bonchev–Trinajstić information content (AvgIpc) is 2.62. The van der Waals surface area contributed by atoms with Crippen LogP contribution in [0.15, 0.2) is 36.4 Å². The van der Waals surface area contributed by atoms with Crippen LogP contribution in [0.25, 0.3) is 0 Å². The Morgan fingerprint density at radius 3 is 2.38 bits per heavy atom. The number of rotatable bonds is 11. The van der Waals surface area contributed by atoms with Crippen molar-refractivity contribution < 1.29 is 42.6 Å². The molecule has 0 aliphatic rings. The van der Waals surface area contributed by atoms with Crippen LogP contribution < -0.4 is 4.90 Å². The summed E-state index contributed by atoms with van der Waals surface area (Å²) in [5.74, 6) is 1.01. The van der Waals surface area contributed by atoms with Crippen LogP contribution in [0.5, 0.6) is 0 Å². The fourth-order valence-electron chi connectivity index (χ4n) is 2.51. The number of aliphatic hydroxyl groups is 1. The number of carbonyl (C=O) groups is 1. The maximum Gasteiger partial charge on any atom is 0.229 e. The van der Waals surface area contributed by atoms with E-state index in [-0.39, 0.29) is 44.5 Å². The number of anilines is 1. The quantitative estimate of drug-likeness (QED) is 0.379. The first-order chi connectivity index (χ1) is 12.0. The molecule has 0 aromatic heterocycles. The van der Waals surface area contributed by atoms with Crippen LogP contribution in [0, 0.1) is 12.8 Å². The van der Waals surface area contributed by atoms with E-state index in [1.54, 1.807) is 11.8 Å². The molecule has 1 radical (unpaired) electrons. The van der Waals surface area contributed by atoms with E-state index in [1.807, 2.05) is 49.3 Å². The summed E-state index contributed by atoms with van der Waals surface area (Å²) >= 11 is 1.73. The molecule has 1 unspecified atom stereocenters. The van der Waals surface area contributed by atoms with Crippen molar-refractivity contribution in [3.8, 4) is 0 Å². The second-order valence-corrected chi connectivity index (χ2v) is 7.42. The summed E-state index contributed by atoms with van der Waals surface area (Å²) < 4.78 is 0. The fraction of sp³-hybridized carbons (Fsp3) is 0.524. The number of benzene rings is 1. The van der Waals surface area contributed by atoms with Gasteiger partial charge in [-0.2, -0.15) is 18.2 Å². The Hall–Kier alpha value is -0.156. The van der Waals surface area contributed by atoms with E-state index in [0.29, 0.717) is 6.54 Å². The minimum absolute atomic E-state index is 0. The molecule has 0 heterocycles. The molecular weight excluding hydrogens is 419 g/mol.